The maximum Gasteiger partial charge on any atom is 0.251 e. The Kier molecular flexibility index (Phi) is 11.7. The maximum absolute atomic E-state index is 14.0. The number of hydrogen-bond donors (Lipinski definition) is 2. The highest BCUT2D eigenvalue weighted by molar-refractivity contribution is 7.85. The van der Waals surface area contributed by atoms with Crippen molar-refractivity contribution >= 4 is 44.8 Å². The van der Waals surface area contributed by atoms with Gasteiger partial charge in [0.2, 0.25) is 5.91 Å². The van der Waals surface area contributed by atoms with Crippen molar-refractivity contribution < 1.29 is 22.6 Å². The summed E-state index contributed by atoms with van der Waals surface area (Å²) in [5.74, 6) is -1.17. The fourth-order valence-electron chi connectivity index (χ4n) is 6.51. The van der Waals surface area contributed by atoms with Gasteiger partial charge in [-0.25, -0.2) is 8.42 Å². The molecule has 2 amide bonds. The number of carbonyl (C=O) groups is 2. The van der Waals surface area contributed by atoms with E-state index in [0.717, 1.165) is 47.1 Å². The largest absolute Gasteiger partial charge is 0.748 e. The van der Waals surface area contributed by atoms with Crippen LogP contribution >= 0.6 is 11.6 Å². The van der Waals surface area contributed by atoms with E-state index in [1.807, 2.05) is 61.5 Å². The number of carbonyl (C=O) groups excluding carboxylic acids is 2. The average molecular weight is 712 g/mol. The van der Waals surface area contributed by atoms with Crippen LogP contribution in [-0.2, 0) is 21.3 Å². The van der Waals surface area contributed by atoms with Gasteiger partial charge in [-0.1, -0.05) is 93.0 Å². The number of rotatable bonds is 11. The molecule has 4 aromatic rings. The molecule has 0 saturated heterocycles. The Bertz CT molecular complexity index is 1960. The van der Waals surface area contributed by atoms with E-state index in [4.69, 9.17) is 11.6 Å². The SMILES string of the molecule is Cc1cc(Cl)ccc1-c1ccc(NC(=O)[C@H](Cc2ccc(C(=O)NCCS(=O)(=O)[O-])cc2)c2ccc(C3=CC[C@H](C(C)(C)C)CC3)cc2)cc1. The van der Waals surface area contributed by atoms with Crippen molar-refractivity contribution in [2.24, 2.45) is 11.3 Å². The van der Waals surface area contributed by atoms with Crippen molar-refractivity contribution in [3.8, 4) is 11.1 Å². The molecule has 9 heteroatoms. The topological polar surface area (TPSA) is 115 Å². The van der Waals surface area contributed by atoms with Gasteiger partial charge in [-0.05, 0) is 119 Å². The molecule has 2 atom stereocenters. The predicted molar refractivity (Wildman–Crippen MR) is 201 cm³/mol. The van der Waals surface area contributed by atoms with E-state index >= 15 is 0 Å². The van der Waals surface area contributed by atoms with E-state index in [2.05, 4.69) is 49.6 Å². The lowest BCUT2D eigenvalue weighted by Gasteiger charge is -2.33. The number of aryl methyl sites for hydroxylation is 1. The lowest BCUT2D eigenvalue weighted by molar-refractivity contribution is -0.117. The van der Waals surface area contributed by atoms with Gasteiger partial charge in [0, 0.05) is 22.8 Å². The van der Waals surface area contributed by atoms with Crippen LogP contribution in [-0.4, -0.2) is 37.1 Å². The Morgan fingerprint density at radius 2 is 1.58 bits per heavy atom. The molecule has 0 bridgehead atoms. The summed E-state index contributed by atoms with van der Waals surface area (Å²) in [5.41, 5.74) is 8.69. The van der Waals surface area contributed by atoms with Crippen molar-refractivity contribution in [3.63, 3.8) is 0 Å². The number of halogens is 1. The number of anilines is 1. The first-order valence-electron chi connectivity index (χ1n) is 16.9. The molecule has 0 heterocycles. The van der Waals surface area contributed by atoms with E-state index in [1.54, 1.807) is 24.3 Å². The summed E-state index contributed by atoms with van der Waals surface area (Å²) in [4.78, 5) is 26.5. The van der Waals surface area contributed by atoms with Gasteiger partial charge >= 0.3 is 0 Å². The van der Waals surface area contributed by atoms with Gasteiger partial charge in [-0.2, -0.15) is 0 Å². The highest BCUT2D eigenvalue weighted by Gasteiger charge is 2.27. The molecule has 50 heavy (non-hydrogen) atoms. The fourth-order valence-corrected chi connectivity index (χ4v) is 7.09. The van der Waals surface area contributed by atoms with Crippen molar-refractivity contribution in [2.75, 3.05) is 17.6 Å². The molecule has 0 aromatic heterocycles. The normalized spacial score (nSPS) is 15.6. The zero-order valence-corrected chi connectivity index (χ0v) is 30.5. The van der Waals surface area contributed by atoms with Crippen LogP contribution in [0.25, 0.3) is 16.7 Å². The molecule has 2 N–H and O–H groups in total. The van der Waals surface area contributed by atoms with Crippen LogP contribution in [0.2, 0.25) is 5.02 Å². The van der Waals surface area contributed by atoms with Crippen LogP contribution in [0, 0.1) is 18.3 Å². The van der Waals surface area contributed by atoms with E-state index in [-0.39, 0.29) is 17.9 Å². The van der Waals surface area contributed by atoms with E-state index < -0.39 is 27.7 Å². The zero-order chi connectivity index (χ0) is 36.1. The van der Waals surface area contributed by atoms with Crippen LogP contribution < -0.4 is 10.6 Å². The van der Waals surface area contributed by atoms with E-state index in [0.29, 0.717) is 28.6 Å². The highest BCUT2D eigenvalue weighted by atomic mass is 35.5. The van der Waals surface area contributed by atoms with Gasteiger partial charge in [0.1, 0.15) is 0 Å². The average Bonchev–Trinajstić information content (AvgIpc) is 3.07. The molecule has 0 unspecified atom stereocenters. The van der Waals surface area contributed by atoms with Gasteiger partial charge in [0.25, 0.3) is 5.91 Å². The first-order chi connectivity index (χ1) is 23.7. The number of nitrogens with one attached hydrogen (secondary N) is 2. The van der Waals surface area contributed by atoms with Gasteiger partial charge in [-0.15, -0.1) is 0 Å². The number of allylic oxidation sites excluding steroid dienone is 2. The molecule has 0 radical (unpaired) electrons. The summed E-state index contributed by atoms with van der Waals surface area (Å²) in [6.07, 6.45) is 6.01. The van der Waals surface area contributed by atoms with Crippen molar-refractivity contribution in [1.29, 1.82) is 0 Å². The molecule has 0 fully saturated rings. The highest BCUT2D eigenvalue weighted by Crippen LogP contribution is 2.40. The molecule has 262 valence electrons. The Morgan fingerprint density at radius 3 is 2.16 bits per heavy atom. The van der Waals surface area contributed by atoms with Crippen molar-refractivity contribution in [2.45, 2.75) is 59.3 Å². The van der Waals surface area contributed by atoms with E-state index in [1.165, 1.54) is 11.1 Å². The summed E-state index contributed by atoms with van der Waals surface area (Å²) >= 11 is 6.15. The Hall–Kier alpha value is -4.24. The Morgan fingerprint density at radius 1 is 0.920 bits per heavy atom. The Balaban J connectivity index is 1.35. The minimum Gasteiger partial charge on any atom is -0.748 e. The quantitative estimate of drug-likeness (QED) is 0.151. The predicted octanol–water partition coefficient (Wildman–Crippen LogP) is 8.79. The third kappa shape index (κ3) is 9.93. The maximum atomic E-state index is 14.0. The second kappa shape index (κ2) is 15.8. The molecule has 0 spiro atoms. The standard InChI is InChI=1S/C41H45ClN2O5S/c1-27-25-35(42)19-22-37(27)31-15-20-36(21-16-31)44-40(46)38(26-28-5-7-33(8-6-28)39(45)43-23-24-50(47,48)49)32-11-9-29(10-12-32)30-13-17-34(18-14-30)41(2,3)4/h5-13,15-16,19-22,25,34,38H,14,17-18,23-24,26H2,1-4H3,(H,43,45)(H,44,46)(H,47,48,49)/p-1/t34-,38+/m0/s1. The molecule has 7 nitrogen and oxygen atoms in total. The van der Waals surface area contributed by atoms with Crippen LogP contribution in [0.15, 0.2) is 97.1 Å². The van der Waals surface area contributed by atoms with Crippen LogP contribution in [0.1, 0.15) is 78.6 Å². The molecule has 0 saturated carbocycles. The second-order valence-electron chi connectivity index (χ2n) is 14.2. The van der Waals surface area contributed by atoms with Crippen molar-refractivity contribution in [1.82, 2.24) is 5.32 Å². The fraction of sp³-hybridized carbons (Fsp3) is 0.317. The second-order valence-corrected chi connectivity index (χ2v) is 16.1. The molecule has 0 aliphatic heterocycles. The monoisotopic (exact) mass is 711 g/mol. The number of benzene rings is 4. The molecule has 1 aliphatic carbocycles. The molecule has 1 aliphatic rings. The summed E-state index contributed by atoms with van der Waals surface area (Å²) in [5, 5.41) is 6.26. The minimum atomic E-state index is -4.42. The third-order valence-electron chi connectivity index (χ3n) is 9.58. The smallest absolute Gasteiger partial charge is 0.251 e. The minimum absolute atomic E-state index is 0.154. The van der Waals surface area contributed by atoms with Crippen LogP contribution in [0.3, 0.4) is 0 Å². The lowest BCUT2D eigenvalue weighted by Crippen LogP contribution is -2.29. The summed E-state index contributed by atoms with van der Waals surface area (Å²) in [6.45, 7) is 8.66. The van der Waals surface area contributed by atoms with Crippen LogP contribution in [0.5, 0.6) is 0 Å². The van der Waals surface area contributed by atoms with E-state index in [9.17, 15) is 22.6 Å². The number of amides is 2. The zero-order valence-electron chi connectivity index (χ0n) is 29.0. The summed E-state index contributed by atoms with van der Waals surface area (Å²) in [6, 6.07) is 28.7. The first-order valence-corrected chi connectivity index (χ1v) is 18.9. The Labute approximate surface area is 300 Å². The van der Waals surface area contributed by atoms with Gasteiger partial charge in [0.05, 0.1) is 21.8 Å². The summed E-state index contributed by atoms with van der Waals surface area (Å²) in [7, 11) is -4.42. The number of hydrogen-bond acceptors (Lipinski definition) is 5. The molecule has 4 aromatic carbocycles. The molecule has 5 rings (SSSR count). The van der Waals surface area contributed by atoms with Crippen LogP contribution in [0.4, 0.5) is 5.69 Å². The lowest BCUT2D eigenvalue weighted by atomic mass is 9.72. The first kappa shape index (κ1) is 37.0. The van der Waals surface area contributed by atoms with Crippen molar-refractivity contribution in [3.05, 3.63) is 130 Å². The summed E-state index contributed by atoms with van der Waals surface area (Å²) < 4.78 is 32.6. The van der Waals surface area contributed by atoms with Gasteiger partial charge < -0.3 is 15.2 Å². The third-order valence-corrected chi connectivity index (χ3v) is 10.5. The molecular weight excluding hydrogens is 668 g/mol. The van der Waals surface area contributed by atoms with Gasteiger partial charge in [0.15, 0.2) is 0 Å². The molecular formula is C41H44ClN2O5S-. The van der Waals surface area contributed by atoms with Gasteiger partial charge in [-0.3, -0.25) is 9.59 Å².